The van der Waals surface area contributed by atoms with E-state index in [1.54, 1.807) is 0 Å². The molecule has 1 aromatic heterocycles. The molecule has 0 aromatic carbocycles. The van der Waals surface area contributed by atoms with Crippen molar-refractivity contribution in [3.63, 3.8) is 0 Å². The van der Waals surface area contributed by atoms with Crippen LogP contribution >= 0.6 is 0 Å². The summed E-state index contributed by atoms with van der Waals surface area (Å²) in [5.74, 6) is 0. The summed E-state index contributed by atoms with van der Waals surface area (Å²) in [4.78, 5) is 5.28. The van der Waals surface area contributed by atoms with Crippen LogP contribution in [-0.4, -0.2) is 31.4 Å². The molecular formula is C25H51NOSiSn. The van der Waals surface area contributed by atoms with E-state index in [0.29, 0.717) is 16.6 Å². The van der Waals surface area contributed by atoms with Gasteiger partial charge in [0.15, 0.2) is 0 Å². The Morgan fingerprint density at radius 3 is 1.45 bits per heavy atom. The third kappa shape index (κ3) is 5.93. The zero-order valence-electron chi connectivity index (χ0n) is 21.5. The fourth-order valence-electron chi connectivity index (χ4n) is 6.08. The van der Waals surface area contributed by atoms with Gasteiger partial charge in [-0.15, -0.1) is 0 Å². The zero-order chi connectivity index (χ0) is 22.2. The van der Waals surface area contributed by atoms with Gasteiger partial charge in [-0.25, -0.2) is 0 Å². The van der Waals surface area contributed by atoms with E-state index in [-0.39, 0.29) is 0 Å². The average molecular weight is 528 g/mol. The number of hydrogen-bond acceptors (Lipinski definition) is 2. The molecule has 1 rings (SSSR count). The summed E-state index contributed by atoms with van der Waals surface area (Å²) in [6.45, 7) is 23.9. The fourth-order valence-corrected chi connectivity index (χ4v) is 28.6. The standard InChI is InChI=1S/C13H24NOSi.3C4H9.Sn/c1-9(2)16(10(3)4,11(5)6)13-14-12(7)8-15-13;3*1-3-4-2;/h9-11H,1-7H3;3*1,3-4H2,2H3;. The molecule has 0 radical (unpaired) electrons. The van der Waals surface area contributed by atoms with Crippen LogP contribution in [0.15, 0.2) is 4.42 Å². The van der Waals surface area contributed by atoms with Crippen molar-refractivity contribution in [2.45, 2.75) is 138 Å². The van der Waals surface area contributed by atoms with E-state index in [1.165, 1.54) is 66.8 Å². The van der Waals surface area contributed by atoms with E-state index in [9.17, 15) is 0 Å². The van der Waals surface area contributed by atoms with Gasteiger partial charge < -0.3 is 0 Å². The van der Waals surface area contributed by atoms with Gasteiger partial charge in [0.25, 0.3) is 0 Å². The average Bonchev–Trinajstić information content (AvgIpc) is 3.03. The van der Waals surface area contributed by atoms with E-state index in [2.05, 4.69) is 69.2 Å². The molecule has 0 spiro atoms. The SMILES string of the molecule is CCC[CH2][Sn]([CH2]CCC)([CH2]CCC)[c]1oc([Si](C(C)C)(C(C)C)C(C)C)nc1C. The van der Waals surface area contributed by atoms with E-state index >= 15 is 0 Å². The molecule has 1 heterocycles. The van der Waals surface area contributed by atoms with Crippen LogP contribution in [0.5, 0.6) is 0 Å². The minimum absolute atomic E-state index is 0.653. The molecular weight excluding hydrogens is 477 g/mol. The van der Waals surface area contributed by atoms with Gasteiger partial charge in [-0.3, -0.25) is 0 Å². The summed E-state index contributed by atoms with van der Waals surface area (Å²) in [6.07, 6.45) is 8.04. The predicted molar refractivity (Wildman–Crippen MR) is 136 cm³/mol. The van der Waals surface area contributed by atoms with Crippen molar-refractivity contribution in [3.05, 3.63) is 5.69 Å². The van der Waals surface area contributed by atoms with E-state index in [0.717, 1.165) is 0 Å². The predicted octanol–water partition coefficient (Wildman–Crippen LogP) is 7.92. The van der Waals surface area contributed by atoms with Crippen LogP contribution in [-0.2, 0) is 0 Å². The van der Waals surface area contributed by atoms with Gasteiger partial charge in [0, 0.05) is 0 Å². The maximum atomic E-state index is 7.06. The van der Waals surface area contributed by atoms with Crippen LogP contribution in [0.4, 0.5) is 0 Å². The van der Waals surface area contributed by atoms with Crippen LogP contribution in [0.25, 0.3) is 0 Å². The molecule has 170 valence electrons. The number of nitrogens with zero attached hydrogens (tertiary/aromatic N) is 1. The molecule has 0 amide bonds. The minimum atomic E-state index is -2.59. The van der Waals surface area contributed by atoms with Crippen molar-refractivity contribution in [1.29, 1.82) is 0 Å². The molecule has 0 unspecified atom stereocenters. The van der Waals surface area contributed by atoms with Crippen molar-refractivity contribution in [1.82, 2.24) is 4.98 Å². The van der Waals surface area contributed by atoms with Gasteiger partial charge in [0.2, 0.25) is 0 Å². The Morgan fingerprint density at radius 2 is 1.14 bits per heavy atom. The second-order valence-electron chi connectivity index (χ2n) is 10.4. The third-order valence-electron chi connectivity index (χ3n) is 7.54. The van der Waals surface area contributed by atoms with Crippen molar-refractivity contribution in [2.24, 2.45) is 0 Å². The summed E-state index contributed by atoms with van der Waals surface area (Å²) < 4.78 is 12.9. The number of unbranched alkanes of at least 4 members (excludes halogenated alkanes) is 3. The van der Waals surface area contributed by atoms with Crippen LogP contribution in [0.3, 0.4) is 0 Å². The number of aromatic nitrogens is 1. The summed E-state index contributed by atoms with van der Waals surface area (Å²) in [5.41, 5.74) is 4.42. The Morgan fingerprint density at radius 1 is 0.759 bits per heavy atom. The molecule has 0 fully saturated rings. The van der Waals surface area contributed by atoms with E-state index < -0.39 is 26.5 Å². The number of rotatable bonds is 14. The molecule has 0 aliphatic rings. The molecule has 0 bridgehead atoms. The molecule has 4 heteroatoms. The first kappa shape index (κ1) is 27.3. The molecule has 0 aliphatic heterocycles. The van der Waals surface area contributed by atoms with Crippen LogP contribution < -0.4 is 9.29 Å². The van der Waals surface area contributed by atoms with E-state index in [4.69, 9.17) is 9.40 Å². The van der Waals surface area contributed by atoms with Crippen molar-refractivity contribution < 1.29 is 4.42 Å². The van der Waals surface area contributed by atoms with Gasteiger partial charge in [-0.2, -0.15) is 0 Å². The van der Waals surface area contributed by atoms with Gasteiger partial charge in [-0.1, -0.05) is 0 Å². The third-order valence-corrected chi connectivity index (χ3v) is 29.5. The number of oxazole rings is 1. The molecule has 0 atom stereocenters. The summed E-state index contributed by atoms with van der Waals surface area (Å²) in [6, 6.07) is 0. The number of aryl methyl sites for hydroxylation is 1. The molecule has 1 aromatic rings. The Kier molecular flexibility index (Phi) is 11.6. The Balaban J connectivity index is 3.61. The summed E-state index contributed by atoms with van der Waals surface area (Å²) in [7, 11) is -1.83. The molecule has 0 aliphatic carbocycles. The summed E-state index contributed by atoms with van der Waals surface area (Å²) in [5, 5.41) is 0. The molecule has 0 N–H and O–H groups in total. The second kappa shape index (κ2) is 12.3. The van der Waals surface area contributed by atoms with E-state index in [1.807, 2.05) is 0 Å². The van der Waals surface area contributed by atoms with Crippen molar-refractivity contribution in [3.8, 4) is 0 Å². The molecule has 0 saturated carbocycles. The van der Waals surface area contributed by atoms with Gasteiger partial charge in [-0.05, 0) is 0 Å². The zero-order valence-corrected chi connectivity index (χ0v) is 25.3. The van der Waals surface area contributed by atoms with Crippen molar-refractivity contribution >= 4 is 35.7 Å². The van der Waals surface area contributed by atoms with Crippen LogP contribution in [0.2, 0.25) is 29.9 Å². The summed E-state index contributed by atoms with van der Waals surface area (Å²) >= 11 is -2.59. The normalized spacial score (nSPS) is 13.3. The Bertz CT molecular complexity index is 550. The van der Waals surface area contributed by atoms with Crippen LogP contribution in [0.1, 0.15) is 107 Å². The van der Waals surface area contributed by atoms with Gasteiger partial charge in [0.1, 0.15) is 0 Å². The topological polar surface area (TPSA) is 26.0 Å². The first-order valence-electron chi connectivity index (χ1n) is 12.6. The monoisotopic (exact) mass is 529 g/mol. The molecule has 2 nitrogen and oxygen atoms in total. The quantitative estimate of drug-likeness (QED) is 0.229. The second-order valence-corrected chi connectivity index (χ2v) is 29.1. The van der Waals surface area contributed by atoms with Gasteiger partial charge in [0.05, 0.1) is 0 Å². The first-order chi connectivity index (χ1) is 13.6. The Hall–Kier alpha value is 0.226. The maximum absolute atomic E-state index is 7.06. The van der Waals surface area contributed by atoms with Crippen molar-refractivity contribution in [2.75, 3.05) is 0 Å². The van der Waals surface area contributed by atoms with Gasteiger partial charge >= 0.3 is 189 Å². The first-order valence-corrected chi connectivity index (χ1v) is 22.3. The fraction of sp³-hybridized carbons (Fsp3) is 0.880. The van der Waals surface area contributed by atoms with Crippen LogP contribution in [0, 0.1) is 6.92 Å². The Labute approximate surface area is 187 Å². The molecule has 0 saturated heterocycles. The number of hydrogen-bond donors (Lipinski definition) is 0. The molecule has 29 heavy (non-hydrogen) atoms.